The van der Waals surface area contributed by atoms with Crippen molar-refractivity contribution in [2.75, 3.05) is 26.4 Å². The molecule has 1 spiro atoms. The highest BCUT2D eigenvalue weighted by molar-refractivity contribution is 5.78. The van der Waals surface area contributed by atoms with Crippen molar-refractivity contribution < 1.29 is 14.3 Å². The van der Waals surface area contributed by atoms with E-state index >= 15 is 0 Å². The molecule has 1 atom stereocenters. The zero-order valence-corrected chi connectivity index (χ0v) is 6.97. The summed E-state index contributed by atoms with van der Waals surface area (Å²) in [5.74, 6) is 0.0757. The number of ether oxygens (including phenoxy) is 2. The van der Waals surface area contributed by atoms with Crippen LogP contribution < -0.4 is 5.32 Å². The van der Waals surface area contributed by atoms with Gasteiger partial charge in [-0.05, 0) is 6.42 Å². The van der Waals surface area contributed by atoms with Gasteiger partial charge in [0.15, 0.2) is 0 Å². The number of piperidine rings is 1. The molecular weight excluding hydrogens is 158 g/mol. The topological polar surface area (TPSA) is 47.6 Å². The van der Waals surface area contributed by atoms with Gasteiger partial charge in [0.05, 0.1) is 26.2 Å². The Hall–Kier alpha value is -0.610. The Labute approximate surface area is 71.2 Å². The minimum Gasteiger partial charge on any atom is -0.376 e. The fourth-order valence-electron chi connectivity index (χ4n) is 1.74. The second-order valence-electron chi connectivity index (χ2n) is 3.36. The minimum absolute atomic E-state index is 0.0757. The van der Waals surface area contributed by atoms with Crippen LogP contribution in [-0.4, -0.2) is 37.9 Å². The highest BCUT2D eigenvalue weighted by Gasteiger charge is 2.38. The lowest BCUT2D eigenvalue weighted by atomic mass is 9.92. The molecule has 0 saturated carbocycles. The van der Waals surface area contributed by atoms with Gasteiger partial charge in [0, 0.05) is 6.54 Å². The summed E-state index contributed by atoms with van der Waals surface area (Å²) in [5, 5.41) is 2.78. The van der Waals surface area contributed by atoms with Crippen LogP contribution in [-0.2, 0) is 14.3 Å². The lowest BCUT2D eigenvalue weighted by Gasteiger charge is -2.39. The number of carbonyl (C=O) groups excluding carboxylic acids is 1. The average Bonchev–Trinajstić information content (AvgIpc) is 2.05. The first-order chi connectivity index (χ1) is 5.81. The van der Waals surface area contributed by atoms with Crippen LogP contribution in [0.5, 0.6) is 0 Å². The van der Waals surface area contributed by atoms with Crippen molar-refractivity contribution in [1.82, 2.24) is 5.32 Å². The predicted molar refractivity (Wildman–Crippen MR) is 41.7 cm³/mol. The van der Waals surface area contributed by atoms with Crippen LogP contribution in [0.4, 0.5) is 0 Å². The van der Waals surface area contributed by atoms with Crippen molar-refractivity contribution in [2.45, 2.75) is 18.4 Å². The molecule has 1 N–H and O–H groups in total. The molecule has 0 aromatic rings. The van der Waals surface area contributed by atoms with Gasteiger partial charge in [-0.1, -0.05) is 0 Å². The summed E-state index contributed by atoms with van der Waals surface area (Å²) < 4.78 is 10.9. The van der Waals surface area contributed by atoms with Crippen LogP contribution in [0.15, 0.2) is 0 Å². The van der Waals surface area contributed by atoms with Crippen LogP contribution in [0.3, 0.4) is 0 Å². The second-order valence-corrected chi connectivity index (χ2v) is 3.36. The normalized spacial score (nSPS) is 36.5. The maximum Gasteiger partial charge on any atom is 0.223 e. The minimum atomic E-state index is -0.305. The quantitative estimate of drug-likeness (QED) is 0.543. The Morgan fingerprint density at radius 2 is 2.33 bits per heavy atom. The molecule has 0 aromatic carbocycles. The molecule has 2 heterocycles. The van der Waals surface area contributed by atoms with E-state index in [1.54, 1.807) is 0 Å². The molecule has 4 nitrogen and oxygen atoms in total. The van der Waals surface area contributed by atoms with Crippen LogP contribution >= 0.6 is 0 Å². The molecule has 0 radical (unpaired) electrons. The Morgan fingerprint density at radius 1 is 1.42 bits per heavy atom. The maximum atomic E-state index is 11.1. The van der Waals surface area contributed by atoms with Gasteiger partial charge >= 0.3 is 0 Å². The SMILES string of the molecule is O=C1CC2(CCN1)COCCO2. The molecule has 0 bridgehead atoms. The molecule has 1 unspecified atom stereocenters. The van der Waals surface area contributed by atoms with Gasteiger partial charge < -0.3 is 14.8 Å². The van der Waals surface area contributed by atoms with E-state index in [4.69, 9.17) is 9.47 Å². The molecule has 2 saturated heterocycles. The van der Waals surface area contributed by atoms with Crippen molar-refractivity contribution in [2.24, 2.45) is 0 Å². The molecule has 0 aromatic heterocycles. The molecule has 2 fully saturated rings. The van der Waals surface area contributed by atoms with E-state index < -0.39 is 0 Å². The van der Waals surface area contributed by atoms with E-state index in [0.717, 1.165) is 6.42 Å². The number of nitrogens with one attached hydrogen (secondary N) is 1. The van der Waals surface area contributed by atoms with Crippen molar-refractivity contribution in [1.29, 1.82) is 0 Å². The molecule has 1 amide bonds. The molecule has 4 heteroatoms. The largest absolute Gasteiger partial charge is 0.376 e. The number of rotatable bonds is 0. The van der Waals surface area contributed by atoms with Gasteiger partial charge in [0.25, 0.3) is 0 Å². The third kappa shape index (κ3) is 1.44. The van der Waals surface area contributed by atoms with E-state index in [1.165, 1.54) is 0 Å². The van der Waals surface area contributed by atoms with Crippen LogP contribution in [0.1, 0.15) is 12.8 Å². The highest BCUT2D eigenvalue weighted by Crippen LogP contribution is 2.26. The molecule has 2 rings (SSSR count). The lowest BCUT2D eigenvalue weighted by molar-refractivity contribution is -0.175. The third-order valence-electron chi connectivity index (χ3n) is 2.39. The molecule has 12 heavy (non-hydrogen) atoms. The Morgan fingerprint density at radius 3 is 3.00 bits per heavy atom. The zero-order valence-electron chi connectivity index (χ0n) is 6.97. The van der Waals surface area contributed by atoms with Crippen molar-refractivity contribution >= 4 is 5.91 Å². The van der Waals surface area contributed by atoms with Crippen molar-refractivity contribution in [3.05, 3.63) is 0 Å². The Balaban J connectivity index is 2.02. The summed E-state index contributed by atoms with van der Waals surface area (Å²) in [6, 6.07) is 0. The van der Waals surface area contributed by atoms with E-state index in [0.29, 0.717) is 32.8 Å². The summed E-state index contributed by atoms with van der Waals surface area (Å²) in [7, 11) is 0. The Bertz CT molecular complexity index is 181. The van der Waals surface area contributed by atoms with Gasteiger partial charge in [0.1, 0.15) is 5.60 Å². The summed E-state index contributed by atoms with van der Waals surface area (Å²) >= 11 is 0. The van der Waals surface area contributed by atoms with E-state index in [-0.39, 0.29) is 11.5 Å². The number of amides is 1. The predicted octanol–water partition coefficient (Wildman–Crippen LogP) is -0.318. The standard InChI is InChI=1S/C8H13NO3/c10-7-5-8(1-2-9-7)6-11-3-4-12-8/h1-6H2,(H,9,10). The average molecular weight is 171 g/mol. The summed E-state index contributed by atoms with van der Waals surface area (Å²) in [5.41, 5.74) is -0.305. The Kier molecular flexibility index (Phi) is 2.02. The lowest BCUT2D eigenvalue weighted by Crippen LogP contribution is -2.52. The zero-order chi connectivity index (χ0) is 8.44. The van der Waals surface area contributed by atoms with Gasteiger partial charge in [-0.25, -0.2) is 0 Å². The maximum absolute atomic E-state index is 11.1. The van der Waals surface area contributed by atoms with Crippen LogP contribution in [0, 0.1) is 0 Å². The van der Waals surface area contributed by atoms with Crippen LogP contribution in [0.2, 0.25) is 0 Å². The second kappa shape index (κ2) is 3.03. The first-order valence-electron chi connectivity index (χ1n) is 4.29. The molecular formula is C8H13NO3. The molecule has 2 aliphatic rings. The van der Waals surface area contributed by atoms with Crippen molar-refractivity contribution in [3.8, 4) is 0 Å². The summed E-state index contributed by atoms with van der Waals surface area (Å²) in [6.45, 7) is 2.55. The van der Waals surface area contributed by atoms with E-state index in [1.807, 2.05) is 0 Å². The molecule has 2 aliphatic heterocycles. The van der Waals surface area contributed by atoms with Crippen LogP contribution in [0.25, 0.3) is 0 Å². The fourth-order valence-corrected chi connectivity index (χ4v) is 1.74. The molecule has 68 valence electrons. The fraction of sp³-hybridized carbons (Fsp3) is 0.875. The smallest absolute Gasteiger partial charge is 0.223 e. The monoisotopic (exact) mass is 171 g/mol. The van der Waals surface area contributed by atoms with Crippen molar-refractivity contribution in [3.63, 3.8) is 0 Å². The number of hydrogen-bond donors (Lipinski definition) is 1. The first-order valence-corrected chi connectivity index (χ1v) is 4.29. The highest BCUT2D eigenvalue weighted by atomic mass is 16.6. The first kappa shape index (κ1) is 8.01. The van der Waals surface area contributed by atoms with Gasteiger partial charge in [-0.2, -0.15) is 0 Å². The number of hydrogen-bond acceptors (Lipinski definition) is 3. The molecule has 0 aliphatic carbocycles. The summed E-state index contributed by atoms with van der Waals surface area (Å²) in [4.78, 5) is 11.1. The van der Waals surface area contributed by atoms with E-state index in [9.17, 15) is 4.79 Å². The van der Waals surface area contributed by atoms with Gasteiger partial charge in [-0.3, -0.25) is 4.79 Å². The summed E-state index contributed by atoms with van der Waals surface area (Å²) in [6.07, 6.45) is 1.33. The number of carbonyl (C=O) groups is 1. The van der Waals surface area contributed by atoms with E-state index in [2.05, 4.69) is 5.32 Å². The van der Waals surface area contributed by atoms with Gasteiger partial charge in [0.2, 0.25) is 5.91 Å². The third-order valence-corrected chi connectivity index (χ3v) is 2.39. The van der Waals surface area contributed by atoms with Gasteiger partial charge in [-0.15, -0.1) is 0 Å².